The first-order chi connectivity index (χ1) is 7.19. The van der Waals surface area contributed by atoms with E-state index in [1.54, 1.807) is 7.11 Å². The average molecular weight is 230 g/mol. The summed E-state index contributed by atoms with van der Waals surface area (Å²) in [4.78, 5) is 8.18. The van der Waals surface area contributed by atoms with Crippen LogP contribution in [0.5, 0.6) is 5.88 Å². The van der Waals surface area contributed by atoms with Crippen molar-refractivity contribution in [2.24, 2.45) is 0 Å². The van der Waals surface area contributed by atoms with Crippen LogP contribution in [0.4, 0.5) is 5.82 Å². The monoisotopic (exact) mass is 229 g/mol. The molecule has 0 aromatic carbocycles. The van der Waals surface area contributed by atoms with Gasteiger partial charge in [-0.1, -0.05) is 0 Å². The minimum absolute atomic E-state index is 0.292. The molecular formula is C10H16ClN3O. The van der Waals surface area contributed by atoms with Crippen LogP contribution in [0, 0.1) is 6.92 Å². The number of rotatable bonds is 5. The molecule has 5 heteroatoms. The number of hydrogen-bond acceptors (Lipinski definition) is 4. The second-order valence-corrected chi connectivity index (χ2v) is 3.76. The minimum atomic E-state index is 0.292. The Morgan fingerprint density at radius 3 is 2.87 bits per heavy atom. The van der Waals surface area contributed by atoms with E-state index >= 15 is 0 Å². The van der Waals surface area contributed by atoms with Gasteiger partial charge in [0.15, 0.2) is 0 Å². The molecule has 1 rings (SSSR count). The molecule has 0 saturated carbocycles. The van der Waals surface area contributed by atoms with E-state index in [9.17, 15) is 0 Å². The predicted molar refractivity (Wildman–Crippen MR) is 61.7 cm³/mol. The number of hydrogen-bond donors (Lipinski definition) is 1. The lowest BCUT2D eigenvalue weighted by molar-refractivity contribution is 0.393. The highest BCUT2D eigenvalue weighted by Crippen LogP contribution is 2.20. The fourth-order valence-corrected chi connectivity index (χ4v) is 1.58. The molecule has 84 valence electrons. The number of nitrogens with one attached hydrogen (secondary N) is 1. The number of methoxy groups -OCH3 is 1. The lowest BCUT2D eigenvalue weighted by Crippen LogP contribution is -2.17. The summed E-state index contributed by atoms with van der Waals surface area (Å²) in [7, 11) is 1.60. The zero-order chi connectivity index (χ0) is 11.3. The normalized spacial score (nSPS) is 12.3. The van der Waals surface area contributed by atoms with Crippen LogP contribution in [0.2, 0.25) is 0 Å². The maximum atomic E-state index is 5.66. The van der Waals surface area contributed by atoms with Crippen LogP contribution in [-0.2, 0) is 0 Å². The van der Waals surface area contributed by atoms with Gasteiger partial charge < -0.3 is 10.1 Å². The Morgan fingerprint density at radius 2 is 2.27 bits per heavy atom. The van der Waals surface area contributed by atoms with Gasteiger partial charge in [0, 0.05) is 11.9 Å². The Bertz CT molecular complexity index is 320. The van der Waals surface area contributed by atoms with Gasteiger partial charge in [-0.25, -0.2) is 9.97 Å². The van der Waals surface area contributed by atoms with Gasteiger partial charge in [-0.2, -0.15) is 0 Å². The summed E-state index contributed by atoms with van der Waals surface area (Å²) in [6.45, 7) is 3.99. The van der Waals surface area contributed by atoms with E-state index in [1.165, 1.54) is 6.33 Å². The summed E-state index contributed by atoms with van der Waals surface area (Å²) in [5.41, 5.74) is 0.918. The zero-order valence-electron chi connectivity index (χ0n) is 9.25. The highest BCUT2D eigenvalue weighted by atomic mass is 35.5. The summed E-state index contributed by atoms with van der Waals surface area (Å²) in [6, 6.07) is 0.292. The molecule has 1 aromatic rings. The first-order valence-electron chi connectivity index (χ1n) is 4.87. The SMILES string of the molecule is COc1ncnc(NC(C)CCCl)c1C. The van der Waals surface area contributed by atoms with E-state index in [0.717, 1.165) is 17.8 Å². The molecule has 1 atom stereocenters. The number of nitrogens with zero attached hydrogens (tertiary/aromatic N) is 2. The zero-order valence-corrected chi connectivity index (χ0v) is 10.0. The molecule has 4 nitrogen and oxygen atoms in total. The van der Waals surface area contributed by atoms with Gasteiger partial charge in [0.1, 0.15) is 12.1 Å². The maximum Gasteiger partial charge on any atom is 0.221 e. The third-order valence-electron chi connectivity index (χ3n) is 2.16. The van der Waals surface area contributed by atoms with Crippen LogP contribution in [0.25, 0.3) is 0 Å². The summed E-state index contributed by atoms with van der Waals surface area (Å²) < 4.78 is 5.11. The number of aromatic nitrogens is 2. The first-order valence-corrected chi connectivity index (χ1v) is 5.40. The fraction of sp³-hybridized carbons (Fsp3) is 0.600. The van der Waals surface area contributed by atoms with Gasteiger partial charge in [-0.3, -0.25) is 0 Å². The highest BCUT2D eigenvalue weighted by molar-refractivity contribution is 6.17. The third-order valence-corrected chi connectivity index (χ3v) is 2.37. The average Bonchev–Trinajstić information content (AvgIpc) is 2.21. The van der Waals surface area contributed by atoms with E-state index in [0.29, 0.717) is 17.8 Å². The Kier molecular flexibility index (Phi) is 4.62. The Hall–Kier alpha value is -1.03. The molecule has 0 radical (unpaired) electrons. The summed E-state index contributed by atoms with van der Waals surface area (Å²) in [5.74, 6) is 2.04. The number of alkyl halides is 1. The first kappa shape index (κ1) is 12.0. The highest BCUT2D eigenvalue weighted by Gasteiger charge is 2.09. The molecule has 0 bridgehead atoms. The maximum absolute atomic E-state index is 5.66. The molecule has 0 spiro atoms. The molecule has 0 aliphatic carbocycles. The van der Waals surface area contributed by atoms with Gasteiger partial charge in [-0.05, 0) is 20.3 Å². The molecule has 0 fully saturated rings. The van der Waals surface area contributed by atoms with Crippen LogP contribution >= 0.6 is 11.6 Å². The van der Waals surface area contributed by atoms with Crippen LogP contribution in [0.15, 0.2) is 6.33 Å². The molecule has 0 aliphatic rings. The fourth-order valence-electron chi connectivity index (χ4n) is 1.25. The lowest BCUT2D eigenvalue weighted by Gasteiger charge is -2.15. The van der Waals surface area contributed by atoms with E-state index in [2.05, 4.69) is 22.2 Å². The molecule has 1 unspecified atom stereocenters. The van der Waals surface area contributed by atoms with Crippen LogP contribution < -0.4 is 10.1 Å². The number of halogens is 1. The van der Waals surface area contributed by atoms with Crippen molar-refractivity contribution < 1.29 is 4.74 Å². The van der Waals surface area contributed by atoms with Crippen LogP contribution in [0.1, 0.15) is 18.9 Å². The molecular weight excluding hydrogens is 214 g/mol. The summed E-state index contributed by atoms with van der Waals surface area (Å²) >= 11 is 5.66. The molecule has 0 amide bonds. The van der Waals surface area contributed by atoms with Crippen molar-refractivity contribution in [3.63, 3.8) is 0 Å². The van der Waals surface area contributed by atoms with Crippen LogP contribution in [0.3, 0.4) is 0 Å². The van der Waals surface area contributed by atoms with Gasteiger partial charge in [0.05, 0.1) is 12.7 Å². The quantitative estimate of drug-likeness (QED) is 0.787. The van der Waals surface area contributed by atoms with E-state index < -0.39 is 0 Å². The van der Waals surface area contributed by atoms with Crippen molar-refractivity contribution in [1.29, 1.82) is 0 Å². The summed E-state index contributed by atoms with van der Waals surface area (Å²) in [5, 5.41) is 3.27. The minimum Gasteiger partial charge on any atom is -0.481 e. The van der Waals surface area contributed by atoms with Gasteiger partial charge in [0.25, 0.3) is 0 Å². The molecule has 1 aromatic heterocycles. The van der Waals surface area contributed by atoms with Crippen molar-refractivity contribution in [3.8, 4) is 5.88 Å². The van der Waals surface area contributed by atoms with Crippen molar-refractivity contribution in [1.82, 2.24) is 9.97 Å². The molecule has 1 N–H and O–H groups in total. The predicted octanol–water partition coefficient (Wildman–Crippen LogP) is 2.22. The second kappa shape index (κ2) is 5.75. The van der Waals surface area contributed by atoms with Gasteiger partial charge in [-0.15, -0.1) is 11.6 Å². The molecule has 1 heterocycles. The number of ether oxygens (including phenoxy) is 1. The Balaban J connectivity index is 2.76. The smallest absolute Gasteiger partial charge is 0.221 e. The molecule has 0 aliphatic heterocycles. The third kappa shape index (κ3) is 3.23. The van der Waals surface area contributed by atoms with Gasteiger partial charge >= 0.3 is 0 Å². The molecule has 0 saturated heterocycles. The van der Waals surface area contributed by atoms with Gasteiger partial charge in [0.2, 0.25) is 5.88 Å². The van der Waals surface area contributed by atoms with Crippen LogP contribution in [-0.4, -0.2) is 29.0 Å². The van der Waals surface area contributed by atoms with Crippen molar-refractivity contribution >= 4 is 17.4 Å². The largest absolute Gasteiger partial charge is 0.481 e. The topological polar surface area (TPSA) is 47.0 Å². The lowest BCUT2D eigenvalue weighted by atomic mass is 10.2. The van der Waals surface area contributed by atoms with E-state index in [1.807, 2.05) is 6.92 Å². The summed E-state index contributed by atoms with van der Waals surface area (Å²) in [6.07, 6.45) is 2.38. The number of anilines is 1. The van der Waals surface area contributed by atoms with Crippen molar-refractivity contribution in [2.75, 3.05) is 18.3 Å². The Morgan fingerprint density at radius 1 is 1.53 bits per heavy atom. The van der Waals surface area contributed by atoms with Crippen molar-refractivity contribution in [3.05, 3.63) is 11.9 Å². The molecule has 15 heavy (non-hydrogen) atoms. The standard InChI is InChI=1S/C10H16ClN3O/c1-7(4-5-11)14-9-8(2)10(15-3)13-6-12-9/h6-7H,4-5H2,1-3H3,(H,12,13,14). The van der Waals surface area contributed by atoms with E-state index in [4.69, 9.17) is 16.3 Å². The Labute approximate surface area is 95.0 Å². The van der Waals surface area contributed by atoms with E-state index in [-0.39, 0.29) is 0 Å². The van der Waals surface area contributed by atoms with Crippen molar-refractivity contribution in [2.45, 2.75) is 26.3 Å². The second-order valence-electron chi connectivity index (χ2n) is 3.38.